The van der Waals surface area contributed by atoms with Crippen molar-refractivity contribution in [2.45, 2.75) is 6.54 Å². The van der Waals surface area contributed by atoms with Crippen LogP contribution in [0.5, 0.6) is 5.75 Å². The van der Waals surface area contributed by atoms with Gasteiger partial charge in [0.2, 0.25) is 0 Å². The van der Waals surface area contributed by atoms with Gasteiger partial charge in [-0.25, -0.2) is 14.3 Å². The molecule has 1 rings (SSSR count). The predicted octanol–water partition coefficient (Wildman–Crippen LogP) is 1.15. The molecule has 0 radical (unpaired) electrons. The Labute approximate surface area is 67.2 Å². The van der Waals surface area contributed by atoms with Crippen LogP contribution in [0, 0.1) is 11.6 Å². The highest BCUT2D eigenvalue weighted by Crippen LogP contribution is 2.21. The van der Waals surface area contributed by atoms with Gasteiger partial charge in [-0.2, -0.15) is 0 Å². The molecule has 12 heavy (non-hydrogen) atoms. The van der Waals surface area contributed by atoms with Gasteiger partial charge in [0.25, 0.3) is 0 Å². The molecule has 0 spiro atoms. The summed E-state index contributed by atoms with van der Waals surface area (Å²) in [6.45, 7) is -0.266. The number of aromatic hydroxyl groups is 1. The molecule has 0 saturated heterocycles. The van der Waals surface area contributed by atoms with Gasteiger partial charge in [0, 0.05) is 17.7 Å². The molecule has 3 N–H and O–H groups in total. The van der Waals surface area contributed by atoms with E-state index in [9.17, 15) is 8.78 Å². The molecule has 0 amide bonds. The maximum absolute atomic E-state index is 12.7. The van der Waals surface area contributed by atoms with Crippen LogP contribution in [0.1, 0.15) is 5.56 Å². The molecule has 0 unspecified atom stereocenters. The molecule has 5 heteroatoms. The normalized spacial score (nSPS) is 10.2. The Morgan fingerprint density at radius 2 is 2.00 bits per heavy atom. The first-order chi connectivity index (χ1) is 5.65. The Morgan fingerprint density at radius 3 is 2.50 bits per heavy atom. The number of phenolic OH excluding ortho intramolecular Hbond substituents is 1. The molecule has 0 aliphatic carbocycles. The molecule has 0 aromatic heterocycles. The third-order valence-electron chi connectivity index (χ3n) is 1.39. The maximum Gasteiger partial charge on any atom is 0.134 e. The van der Waals surface area contributed by atoms with Crippen LogP contribution in [0.4, 0.5) is 8.78 Å². The number of phenols is 1. The highest BCUT2D eigenvalue weighted by atomic mass is 19.1. The van der Waals surface area contributed by atoms with Crippen LogP contribution in [-0.4, -0.2) is 10.3 Å². The number of hydrogen-bond donors (Lipinski definition) is 3. The first-order valence-corrected chi connectivity index (χ1v) is 3.19. The highest BCUT2D eigenvalue weighted by molar-refractivity contribution is 5.33. The quantitative estimate of drug-likeness (QED) is 0.591. The largest absolute Gasteiger partial charge is 0.507 e. The average molecular weight is 175 g/mol. The highest BCUT2D eigenvalue weighted by Gasteiger charge is 2.09. The van der Waals surface area contributed by atoms with E-state index in [1.54, 1.807) is 5.48 Å². The molecule has 1 aromatic rings. The number of hydrogen-bond acceptors (Lipinski definition) is 3. The lowest BCUT2D eigenvalue weighted by Gasteiger charge is -2.04. The van der Waals surface area contributed by atoms with Crippen molar-refractivity contribution in [2.24, 2.45) is 0 Å². The molecule has 0 aliphatic heterocycles. The van der Waals surface area contributed by atoms with E-state index in [2.05, 4.69) is 0 Å². The van der Waals surface area contributed by atoms with E-state index in [4.69, 9.17) is 10.3 Å². The van der Waals surface area contributed by atoms with Gasteiger partial charge in [-0.3, -0.25) is 0 Å². The molecule has 0 bridgehead atoms. The van der Waals surface area contributed by atoms with Crippen molar-refractivity contribution in [1.29, 1.82) is 0 Å². The summed E-state index contributed by atoms with van der Waals surface area (Å²) in [7, 11) is 0. The maximum atomic E-state index is 12.7. The zero-order chi connectivity index (χ0) is 9.14. The van der Waals surface area contributed by atoms with Crippen LogP contribution < -0.4 is 5.48 Å². The van der Waals surface area contributed by atoms with Crippen molar-refractivity contribution in [3.8, 4) is 5.75 Å². The summed E-state index contributed by atoms with van der Waals surface area (Å²) in [5, 5.41) is 17.2. The van der Waals surface area contributed by atoms with Crippen LogP contribution in [0.25, 0.3) is 0 Å². The molecule has 0 saturated carbocycles. The number of hydroxylamine groups is 1. The van der Waals surface area contributed by atoms with E-state index in [-0.39, 0.29) is 12.1 Å². The Kier molecular flexibility index (Phi) is 2.57. The third-order valence-corrected chi connectivity index (χ3v) is 1.39. The summed E-state index contributed by atoms with van der Waals surface area (Å²) >= 11 is 0. The predicted molar refractivity (Wildman–Crippen MR) is 36.6 cm³/mol. The van der Waals surface area contributed by atoms with Gasteiger partial charge in [-0.1, -0.05) is 0 Å². The second-order valence-electron chi connectivity index (χ2n) is 2.22. The van der Waals surface area contributed by atoms with Crippen molar-refractivity contribution in [2.75, 3.05) is 0 Å². The monoisotopic (exact) mass is 175 g/mol. The van der Waals surface area contributed by atoms with Gasteiger partial charge in [0.1, 0.15) is 17.4 Å². The van der Waals surface area contributed by atoms with E-state index in [0.29, 0.717) is 6.07 Å². The summed E-state index contributed by atoms with van der Waals surface area (Å²) in [4.78, 5) is 0. The second-order valence-corrected chi connectivity index (χ2v) is 2.22. The van der Waals surface area contributed by atoms with Crippen LogP contribution in [0.3, 0.4) is 0 Å². The Bertz CT molecular complexity index is 268. The summed E-state index contributed by atoms with van der Waals surface area (Å²) < 4.78 is 25.1. The molecular formula is C7H7F2NO2. The SMILES string of the molecule is ONCc1c(O)cc(F)cc1F. The topological polar surface area (TPSA) is 52.5 Å². The summed E-state index contributed by atoms with van der Waals surface area (Å²) in [5.41, 5.74) is 1.49. The summed E-state index contributed by atoms with van der Waals surface area (Å²) in [6, 6.07) is 1.40. The Balaban J connectivity index is 3.10. The number of rotatable bonds is 2. The van der Waals surface area contributed by atoms with E-state index in [1.807, 2.05) is 0 Å². The number of nitrogens with one attached hydrogen (secondary N) is 1. The second kappa shape index (κ2) is 3.46. The first kappa shape index (κ1) is 8.89. The van der Waals surface area contributed by atoms with Crippen molar-refractivity contribution >= 4 is 0 Å². The molecule has 0 aliphatic rings. The molecule has 3 nitrogen and oxygen atoms in total. The zero-order valence-corrected chi connectivity index (χ0v) is 6.01. The molecule has 66 valence electrons. The van der Waals surface area contributed by atoms with Crippen molar-refractivity contribution < 1.29 is 19.1 Å². The fourth-order valence-electron chi connectivity index (χ4n) is 0.844. The van der Waals surface area contributed by atoms with E-state index >= 15 is 0 Å². The Hall–Kier alpha value is -1.20. The van der Waals surface area contributed by atoms with Gasteiger partial charge < -0.3 is 10.3 Å². The zero-order valence-electron chi connectivity index (χ0n) is 6.01. The fourth-order valence-corrected chi connectivity index (χ4v) is 0.844. The van der Waals surface area contributed by atoms with E-state index in [1.165, 1.54) is 0 Å². The van der Waals surface area contributed by atoms with Crippen LogP contribution in [0.15, 0.2) is 12.1 Å². The lowest BCUT2D eigenvalue weighted by Crippen LogP contribution is -2.08. The van der Waals surface area contributed by atoms with E-state index < -0.39 is 17.4 Å². The molecular weight excluding hydrogens is 168 g/mol. The average Bonchev–Trinajstić information content (AvgIpc) is 1.96. The van der Waals surface area contributed by atoms with Gasteiger partial charge in [0.05, 0.1) is 6.54 Å². The lowest BCUT2D eigenvalue weighted by atomic mass is 10.2. The van der Waals surface area contributed by atoms with Crippen LogP contribution >= 0.6 is 0 Å². The van der Waals surface area contributed by atoms with Gasteiger partial charge in [-0.05, 0) is 0 Å². The number of benzene rings is 1. The van der Waals surface area contributed by atoms with Crippen molar-refractivity contribution in [3.05, 3.63) is 29.3 Å². The van der Waals surface area contributed by atoms with Crippen molar-refractivity contribution in [3.63, 3.8) is 0 Å². The number of halogens is 2. The Morgan fingerprint density at radius 1 is 1.33 bits per heavy atom. The first-order valence-electron chi connectivity index (χ1n) is 3.19. The van der Waals surface area contributed by atoms with Crippen LogP contribution in [-0.2, 0) is 6.54 Å². The van der Waals surface area contributed by atoms with Gasteiger partial charge >= 0.3 is 0 Å². The summed E-state index contributed by atoms with van der Waals surface area (Å²) in [6.07, 6.45) is 0. The van der Waals surface area contributed by atoms with Gasteiger partial charge in [-0.15, -0.1) is 0 Å². The smallest absolute Gasteiger partial charge is 0.134 e. The molecule has 0 fully saturated rings. The minimum absolute atomic E-state index is 0.168. The van der Waals surface area contributed by atoms with Gasteiger partial charge in [0.15, 0.2) is 0 Å². The van der Waals surface area contributed by atoms with Crippen LogP contribution in [0.2, 0.25) is 0 Å². The van der Waals surface area contributed by atoms with Crippen molar-refractivity contribution in [1.82, 2.24) is 5.48 Å². The summed E-state index contributed by atoms with van der Waals surface area (Å²) in [5.74, 6) is -2.27. The lowest BCUT2D eigenvalue weighted by molar-refractivity contribution is 0.158. The van der Waals surface area contributed by atoms with E-state index in [0.717, 1.165) is 6.07 Å². The minimum atomic E-state index is -0.894. The molecule has 1 aromatic carbocycles. The molecule has 0 heterocycles. The molecule has 0 atom stereocenters. The standard InChI is InChI=1S/C7H7F2NO2/c8-4-1-6(9)5(3-10-12)7(11)2-4/h1-2,10-12H,3H2. The third kappa shape index (κ3) is 1.69. The minimum Gasteiger partial charge on any atom is -0.507 e. The fraction of sp³-hybridized carbons (Fsp3) is 0.143.